The van der Waals surface area contributed by atoms with Crippen molar-refractivity contribution in [1.29, 1.82) is 0 Å². The quantitative estimate of drug-likeness (QED) is 0.537. The normalized spacial score (nSPS) is 12.5. The van der Waals surface area contributed by atoms with Crippen molar-refractivity contribution in [3.8, 4) is 0 Å². The maximum absolute atomic E-state index is 11.2. The van der Waals surface area contributed by atoms with E-state index in [0.717, 1.165) is 0 Å². The Kier molecular flexibility index (Phi) is 2.77. The molecule has 70 valence electrons. The van der Waals surface area contributed by atoms with Gasteiger partial charge in [-0.05, 0) is 12.5 Å². The van der Waals surface area contributed by atoms with E-state index in [2.05, 4.69) is 0 Å². The van der Waals surface area contributed by atoms with Gasteiger partial charge in [0, 0.05) is 12.3 Å². The molecular weight excluding hydrogens is 190 g/mol. The van der Waals surface area contributed by atoms with Crippen molar-refractivity contribution >= 4 is 16.5 Å². The first-order valence-electron chi connectivity index (χ1n) is 3.61. The Morgan fingerprint density at radius 3 is 2.46 bits per heavy atom. The van der Waals surface area contributed by atoms with Crippen molar-refractivity contribution in [2.24, 2.45) is 0 Å². The van der Waals surface area contributed by atoms with Crippen LogP contribution in [0.3, 0.4) is 0 Å². The average molecular weight is 199 g/mol. The van der Waals surface area contributed by atoms with Crippen molar-refractivity contribution in [1.82, 2.24) is 0 Å². The van der Waals surface area contributed by atoms with Crippen LogP contribution in [0.25, 0.3) is 0 Å². The topological polar surface area (TPSA) is 60.2 Å². The predicted octanol–water partition coefficient (Wildman–Crippen LogP) is 1.64. The van der Waals surface area contributed by atoms with Crippen molar-refractivity contribution < 1.29 is 9.13 Å². The van der Waals surface area contributed by atoms with Gasteiger partial charge in [0.1, 0.15) is 4.90 Å². The third kappa shape index (κ3) is 1.92. The van der Waals surface area contributed by atoms with Crippen LogP contribution in [0.2, 0.25) is 0 Å². The SMILES string of the molecule is Cc1cccc([N+](=O)[O-])c1S(C)=O. The van der Waals surface area contributed by atoms with Gasteiger partial charge in [-0.1, -0.05) is 12.1 Å². The summed E-state index contributed by atoms with van der Waals surface area (Å²) in [5.41, 5.74) is 0.621. The van der Waals surface area contributed by atoms with E-state index in [4.69, 9.17) is 0 Å². The average Bonchev–Trinajstić information content (AvgIpc) is 2.02. The van der Waals surface area contributed by atoms with Crippen molar-refractivity contribution in [3.63, 3.8) is 0 Å². The highest BCUT2D eigenvalue weighted by Gasteiger charge is 2.17. The number of rotatable bonds is 2. The van der Waals surface area contributed by atoms with Crippen LogP contribution in [0, 0.1) is 17.0 Å². The Labute approximate surface area is 78.2 Å². The molecule has 1 rings (SSSR count). The molecule has 0 fully saturated rings. The molecule has 0 bridgehead atoms. The number of hydrogen-bond acceptors (Lipinski definition) is 3. The van der Waals surface area contributed by atoms with Crippen LogP contribution in [0.15, 0.2) is 23.1 Å². The summed E-state index contributed by atoms with van der Waals surface area (Å²) in [7, 11) is -1.31. The fraction of sp³-hybridized carbons (Fsp3) is 0.250. The molecule has 0 N–H and O–H groups in total. The minimum atomic E-state index is -1.31. The van der Waals surface area contributed by atoms with E-state index in [9.17, 15) is 14.3 Å². The molecule has 0 saturated heterocycles. The second-order valence-electron chi connectivity index (χ2n) is 2.63. The molecule has 0 aliphatic carbocycles. The van der Waals surface area contributed by atoms with E-state index in [1.54, 1.807) is 19.1 Å². The van der Waals surface area contributed by atoms with Gasteiger partial charge in [-0.25, -0.2) is 0 Å². The summed E-state index contributed by atoms with van der Waals surface area (Å²) in [6, 6.07) is 4.66. The summed E-state index contributed by atoms with van der Waals surface area (Å²) in [6.45, 7) is 1.71. The van der Waals surface area contributed by atoms with E-state index in [1.807, 2.05) is 0 Å². The molecule has 1 aromatic rings. The van der Waals surface area contributed by atoms with E-state index < -0.39 is 15.7 Å². The van der Waals surface area contributed by atoms with Gasteiger partial charge >= 0.3 is 0 Å². The van der Waals surface area contributed by atoms with Crippen LogP contribution in [0.1, 0.15) is 5.56 Å². The fourth-order valence-corrected chi connectivity index (χ4v) is 2.11. The largest absolute Gasteiger partial charge is 0.285 e. The van der Waals surface area contributed by atoms with Gasteiger partial charge in [-0.3, -0.25) is 14.3 Å². The highest BCUT2D eigenvalue weighted by atomic mass is 32.2. The van der Waals surface area contributed by atoms with Gasteiger partial charge in [-0.15, -0.1) is 0 Å². The Bertz CT molecular complexity index is 376. The lowest BCUT2D eigenvalue weighted by atomic mass is 10.2. The first kappa shape index (κ1) is 9.85. The summed E-state index contributed by atoms with van der Waals surface area (Å²) in [6.07, 6.45) is 1.44. The molecule has 0 aromatic heterocycles. The predicted molar refractivity (Wildman–Crippen MR) is 50.2 cm³/mol. The maximum Gasteiger partial charge on any atom is 0.285 e. The van der Waals surface area contributed by atoms with Crippen LogP contribution in [0.4, 0.5) is 5.69 Å². The lowest BCUT2D eigenvalue weighted by molar-refractivity contribution is -0.387. The maximum atomic E-state index is 11.2. The highest BCUT2D eigenvalue weighted by molar-refractivity contribution is 7.84. The molecule has 1 aromatic carbocycles. The molecule has 0 amide bonds. The van der Waals surface area contributed by atoms with Crippen molar-refractivity contribution in [2.45, 2.75) is 11.8 Å². The number of hydrogen-bond donors (Lipinski definition) is 0. The van der Waals surface area contributed by atoms with Crippen LogP contribution < -0.4 is 0 Å². The molecular formula is C8H9NO3S. The standard InChI is InChI=1S/C8H9NO3S/c1-6-4-3-5-7(9(10)11)8(6)13(2)12/h3-5H,1-2H3. The molecule has 0 aliphatic heterocycles. The fourth-order valence-electron chi connectivity index (χ4n) is 1.15. The molecule has 1 unspecified atom stereocenters. The lowest BCUT2D eigenvalue weighted by Gasteiger charge is -2.01. The monoisotopic (exact) mass is 199 g/mol. The molecule has 0 heterocycles. The summed E-state index contributed by atoms with van der Waals surface area (Å²) in [5.74, 6) is 0. The van der Waals surface area contributed by atoms with Gasteiger partial charge in [-0.2, -0.15) is 0 Å². The van der Waals surface area contributed by atoms with Gasteiger partial charge in [0.25, 0.3) is 5.69 Å². The Balaban J connectivity index is 3.43. The van der Waals surface area contributed by atoms with Gasteiger partial charge in [0.05, 0.1) is 15.7 Å². The number of benzene rings is 1. The third-order valence-electron chi connectivity index (χ3n) is 1.68. The lowest BCUT2D eigenvalue weighted by Crippen LogP contribution is -1.99. The van der Waals surface area contributed by atoms with E-state index in [1.165, 1.54) is 12.3 Å². The van der Waals surface area contributed by atoms with Crippen molar-refractivity contribution in [2.75, 3.05) is 6.26 Å². The molecule has 1 atom stereocenters. The second kappa shape index (κ2) is 3.66. The molecule has 0 aliphatic rings. The number of nitro groups is 1. The number of aryl methyl sites for hydroxylation is 1. The zero-order valence-electron chi connectivity index (χ0n) is 7.31. The summed E-state index contributed by atoms with van der Waals surface area (Å²) < 4.78 is 11.2. The highest BCUT2D eigenvalue weighted by Crippen LogP contribution is 2.24. The van der Waals surface area contributed by atoms with Gasteiger partial charge in [0.2, 0.25) is 0 Å². The van der Waals surface area contributed by atoms with E-state index in [-0.39, 0.29) is 5.69 Å². The summed E-state index contributed by atoms with van der Waals surface area (Å²) in [4.78, 5) is 10.4. The minimum absolute atomic E-state index is 0.0687. The minimum Gasteiger partial charge on any atom is -0.258 e. The Hall–Kier alpha value is -1.23. The van der Waals surface area contributed by atoms with E-state index >= 15 is 0 Å². The van der Waals surface area contributed by atoms with Gasteiger partial charge < -0.3 is 0 Å². The molecule has 0 saturated carbocycles. The van der Waals surface area contributed by atoms with E-state index in [0.29, 0.717) is 10.5 Å². The first-order valence-corrected chi connectivity index (χ1v) is 5.17. The molecule has 0 radical (unpaired) electrons. The number of nitrogens with zero attached hydrogens (tertiary/aromatic N) is 1. The second-order valence-corrected chi connectivity index (χ2v) is 3.95. The molecule has 4 nitrogen and oxygen atoms in total. The third-order valence-corrected chi connectivity index (χ3v) is 2.78. The zero-order valence-corrected chi connectivity index (χ0v) is 8.13. The molecule has 0 spiro atoms. The van der Waals surface area contributed by atoms with Crippen molar-refractivity contribution in [3.05, 3.63) is 33.9 Å². The Morgan fingerprint density at radius 1 is 1.46 bits per heavy atom. The summed E-state index contributed by atoms with van der Waals surface area (Å²) >= 11 is 0. The molecule has 13 heavy (non-hydrogen) atoms. The smallest absolute Gasteiger partial charge is 0.258 e. The van der Waals surface area contributed by atoms with Crippen LogP contribution in [-0.4, -0.2) is 15.4 Å². The van der Waals surface area contributed by atoms with Crippen LogP contribution in [-0.2, 0) is 10.8 Å². The number of nitro benzene ring substituents is 1. The Morgan fingerprint density at radius 2 is 2.08 bits per heavy atom. The van der Waals surface area contributed by atoms with Crippen LogP contribution >= 0.6 is 0 Å². The first-order chi connectivity index (χ1) is 6.04. The molecule has 5 heteroatoms. The summed E-state index contributed by atoms with van der Waals surface area (Å²) in [5, 5.41) is 10.5. The van der Waals surface area contributed by atoms with Gasteiger partial charge in [0.15, 0.2) is 0 Å². The zero-order chi connectivity index (χ0) is 10.0. The van der Waals surface area contributed by atoms with Crippen LogP contribution in [0.5, 0.6) is 0 Å².